The molecule has 16 heavy (non-hydrogen) atoms. The molecule has 0 spiro atoms. The van der Waals surface area contributed by atoms with Crippen LogP contribution >= 0.6 is 0 Å². The summed E-state index contributed by atoms with van der Waals surface area (Å²) < 4.78 is 0. The van der Waals surface area contributed by atoms with Gasteiger partial charge in [-0.2, -0.15) is 0 Å². The van der Waals surface area contributed by atoms with Crippen LogP contribution in [0.2, 0.25) is 0 Å². The highest BCUT2D eigenvalue weighted by atomic mass is 14.8. The normalized spacial score (nSPS) is 26.6. The van der Waals surface area contributed by atoms with Gasteiger partial charge in [0.05, 0.1) is 5.54 Å². The van der Waals surface area contributed by atoms with E-state index in [4.69, 9.17) is 5.73 Å². The van der Waals surface area contributed by atoms with Gasteiger partial charge >= 0.3 is 0 Å². The fraction of sp³-hybridized carbons (Fsp3) is 0.200. The van der Waals surface area contributed by atoms with Gasteiger partial charge in [0.25, 0.3) is 0 Å². The minimum absolute atomic E-state index is 0.315. The second-order valence-corrected chi connectivity index (χ2v) is 4.63. The summed E-state index contributed by atoms with van der Waals surface area (Å²) in [4.78, 5) is 0. The average molecular weight is 209 g/mol. The Morgan fingerprint density at radius 1 is 1.19 bits per heavy atom. The largest absolute Gasteiger partial charge is 0.318 e. The van der Waals surface area contributed by atoms with Crippen molar-refractivity contribution >= 4 is 5.57 Å². The number of hydrogen-bond donors (Lipinski definition) is 1. The molecule has 1 aromatic carbocycles. The summed E-state index contributed by atoms with van der Waals surface area (Å²) in [5.41, 5.74) is 11.4. The molecule has 1 aromatic rings. The monoisotopic (exact) mass is 209 g/mol. The highest BCUT2D eigenvalue weighted by Gasteiger charge is 2.36. The van der Waals surface area contributed by atoms with Crippen molar-refractivity contribution in [2.75, 3.05) is 0 Å². The van der Waals surface area contributed by atoms with Crippen molar-refractivity contribution in [1.29, 1.82) is 0 Å². The third kappa shape index (κ3) is 1.15. The maximum Gasteiger partial charge on any atom is 0.0614 e. The van der Waals surface area contributed by atoms with Crippen molar-refractivity contribution in [1.82, 2.24) is 0 Å². The molecule has 0 aliphatic heterocycles. The van der Waals surface area contributed by atoms with E-state index >= 15 is 0 Å². The molecular formula is C15H15N. The molecule has 2 N–H and O–H groups in total. The third-order valence-electron chi connectivity index (χ3n) is 3.56. The van der Waals surface area contributed by atoms with Crippen LogP contribution in [-0.4, -0.2) is 0 Å². The zero-order chi connectivity index (χ0) is 11.2. The SMILES string of the molecule is C[C@]1(N)C2=C(C=CC=CC2)c2ccccc21. The molecule has 0 saturated carbocycles. The van der Waals surface area contributed by atoms with Crippen LogP contribution < -0.4 is 5.73 Å². The Labute approximate surface area is 96.0 Å². The zero-order valence-corrected chi connectivity index (χ0v) is 9.40. The van der Waals surface area contributed by atoms with Gasteiger partial charge in [0.15, 0.2) is 0 Å². The number of benzene rings is 1. The van der Waals surface area contributed by atoms with Crippen LogP contribution in [0.1, 0.15) is 24.5 Å². The summed E-state index contributed by atoms with van der Waals surface area (Å²) in [5.74, 6) is 0. The molecule has 1 atom stereocenters. The van der Waals surface area contributed by atoms with Crippen molar-refractivity contribution in [2.24, 2.45) is 5.73 Å². The Kier molecular flexibility index (Phi) is 1.92. The third-order valence-corrected chi connectivity index (χ3v) is 3.56. The summed E-state index contributed by atoms with van der Waals surface area (Å²) >= 11 is 0. The molecular weight excluding hydrogens is 194 g/mol. The summed E-state index contributed by atoms with van der Waals surface area (Å²) in [5, 5.41) is 0. The molecule has 0 aromatic heterocycles. The van der Waals surface area contributed by atoms with E-state index in [1.54, 1.807) is 0 Å². The lowest BCUT2D eigenvalue weighted by molar-refractivity contribution is 0.590. The fourth-order valence-corrected chi connectivity index (χ4v) is 2.70. The van der Waals surface area contributed by atoms with Crippen LogP contribution in [-0.2, 0) is 5.54 Å². The molecule has 80 valence electrons. The molecule has 1 nitrogen and oxygen atoms in total. The number of nitrogens with two attached hydrogens (primary N) is 1. The van der Waals surface area contributed by atoms with Crippen molar-refractivity contribution in [3.8, 4) is 0 Å². The van der Waals surface area contributed by atoms with Crippen LogP contribution in [0.5, 0.6) is 0 Å². The minimum atomic E-state index is -0.315. The molecule has 1 heteroatoms. The predicted octanol–water partition coefficient (Wildman–Crippen LogP) is 3.14. The van der Waals surface area contributed by atoms with Crippen molar-refractivity contribution in [3.63, 3.8) is 0 Å². The number of fused-ring (bicyclic) bond motifs is 2. The Balaban J connectivity index is 2.29. The smallest absolute Gasteiger partial charge is 0.0614 e. The van der Waals surface area contributed by atoms with Gasteiger partial charge in [-0.3, -0.25) is 0 Å². The second-order valence-electron chi connectivity index (χ2n) is 4.63. The zero-order valence-electron chi connectivity index (χ0n) is 9.40. The maximum atomic E-state index is 6.49. The molecule has 0 unspecified atom stereocenters. The first-order chi connectivity index (χ1) is 7.71. The summed E-state index contributed by atoms with van der Waals surface area (Å²) in [6.07, 6.45) is 9.49. The maximum absolute atomic E-state index is 6.49. The lowest BCUT2D eigenvalue weighted by Crippen LogP contribution is -2.33. The van der Waals surface area contributed by atoms with Gasteiger partial charge in [-0.05, 0) is 35.6 Å². The summed E-state index contributed by atoms with van der Waals surface area (Å²) in [6.45, 7) is 2.11. The van der Waals surface area contributed by atoms with Crippen molar-refractivity contribution in [2.45, 2.75) is 18.9 Å². The van der Waals surface area contributed by atoms with E-state index in [0.717, 1.165) is 6.42 Å². The van der Waals surface area contributed by atoms with Crippen LogP contribution in [0.25, 0.3) is 5.57 Å². The molecule has 0 fully saturated rings. The van der Waals surface area contributed by atoms with Crippen LogP contribution in [0.15, 0.2) is 54.1 Å². The summed E-state index contributed by atoms with van der Waals surface area (Å²) in [6, 6.07) is 8.45. The molecule has 3 rings (SSSR count). The van der Waals surface area contributed by atoms with Gasteiger partial charge in [0.2, 0.25) is 0 Å². The van der Waals surface area contributed by atoms with Crippen LogP contribution in [0.4, 0.5) is 0 Å². The minimum Gasteiger partial charge on any atom is -0.318 e. The number of allylic oxidation sites excluding steroid dienone is 5. The van der Waals surface area contributed by atoms with E-state index in [1.165, 1.54) is 22.3 Å². The van der Waals surface area contributed by atoms with E-state index in [2.05, 4.69) is 55.5 Å². The van der Waals surface area contributed by atoms with E-state index in [-0.39, 0.29) is 5.54 Å². The van der Waals surface area contributed by atoms with Crippen LogP contribution in [0, 0.1) is 0 Å². The Hall–Kier alpha value is -1.60. The molecule has 0 bridgehead atoms. The number of rotatable bonds is 0. The van der Waals surface area contributed by atoms with E-state index < -0.39 is 0 Å². The standard InChI is InChI=1S/C15H15N/c1-15(16)13-9-4-2-3-7-11(13)12-8-5-6-10-14(12)15/h2-8,10H,9,16H2,1H3/t15-/m0/s1. The molecule has 0 amide bonds. The molecule has 0 heterocycles. The molecule has 0 saturated heterocycles. The lowest BCUT2D eigenvalue weighted by atomic mass is 9.88. The quantitative estimate of drug-likeness (QED) is 0.698. The van der Waals surface area contributed by atoms with Gasteiger partial charge in [0, 0.05) is 0 Å². The van der Waals surface area contributed by atoms with Crippen LogP contribution in [0.3, 0.4) is 0 Å². The highest BCUT2D eigenvalue weighted by molar-refractivity contribution is 5.86. The van der Waals surface area contributed by atoms with Crippen molar-refractivity contribution in [3.05, 3.63) is 65.3 Å². The molecule has 2 aliphatic rings. The van der Waals surface area contributed by atoms with Gasteiger partial charge in [-0.25, -0.2) is 0 Å². The summed E-state index contributed by atoms with van der Waals surface area (Å²) in [7, 11) is 0. The lowest BCUT2D eigenvalue weighted by Gasteiger charge is -2.23. The van der Waals surface area contributed by atoms with Gasteiger partial charge in [0.1, 0.15) is 0 Å². The van der Waals surface area contributed by atoms with E-state index in [0.29, 0.717) is 0 Å². The average Bonchev–Trinajstić information content (AvgIpc) is 2.50. The topological polar surface area (TPSA) is 26.0 Å². The molecule has 2 aliphatic carbocycles. The highest BCUT2D eigenvalue weighted by Crippen LogP contribution is 2.45. The fourth-order valence-electron chi connectivity index (χ4n) is 2.70. The predicted molar refractivity (Wildman–Crippen MR) is 67.8 cm³/mol. The Bertz CT molecular complexity index is 530. The number of hydrogen-bond acceptors (Lipinski definition) is 1. The first-order valence-electron chi connectivity index (χ1n) is 5.67. The van der Waals surface area contributed by atoms with Crippen molar-refractivity contribution < 1.29 is 0 Å². The molecule has 0 radical (unpaired) electrons. The van der Waals surface area contributed by atoms with E-state index in [9.17, 15) is 0 Å². The van der Waals surface area contributed by atoms with Gasteiger partial charge in [-0.1, -0.05) is 48.6 Å². The van der Waals surface area contributed by atoms with Gasteiger partial charge < -0.3 is 5.73 Å². The first-order valence-corrected chi connectivity index (χ1v) is 5.67. The Morgan fingerprint density at radius 3 is 2.88 bits per heavy atom. The van der Waals surface area contributed by atoms with Gasteiger partial charge in [-0.15, -0.1) is 0 Å². The second kappa shape index (κ2) is 3.19. The van der Waals surface area contributed by atoms with E-state index in [1.807, 2.05) is 0 Å². The Morgan fingerprint density at radius 2 is 2.00 bits per heavy atom. The first kappa shape index (κ1) is 9.61.